The molecule has 0 radical (unpaired) electrons. The minimum atomic E-state index is -3.70. The van der Waals surface area contributed by atoms with Crippen molar-refractivity contribution >= 4 is 19.7 Å². The van der Waals surface area contributed by atoms with Gasteiger partial charge >= 0.3 is 27.0 Å². The second-order valence-corrected chi connectivity index (χ2v) is 9.95. The molecule has 2 aromatic rings. The molecule has 3 atom stereocenters. The zero-order valence-corrected chi connectivity index (χ0v) is 23.6. The molecule has 0 aliphatic heterocycles. The molecule has 0 bridgehead atoms. The Hall–Kier alpha value is -0.777. The normalized spacial score (nSPS) is 14.7. The van der Waals surface area contributed by atoms with Crippen LogP contribution in [0.5, 0.6) is 0 Å². The summed E-state index contributed by atoms with van der Waals surface area (Å²) < 4.78 is 31.0. The van der Waals surface area contributed by atoms with Gasteiger partial charge in [-0.2, -0.15) is 0 Å². The Kier molecular flexibility index (Phi) is 16.4. The topological polar surface area (TPSA) is 72.0 Å². The molecule has 2 rings (SSSR count). The summed E-state index contributed by atoms with van der Waals surface area (Å²) in [5.74, 6) is 0.0647. The van der Waals surface area contributed by atoms with Gasteiger partial charge < -0.3 is 17.9 Å². The molecule has 0 aromatic heterocycles. The van der Waals surface area contributed by atoms with E-state index in [1.54, 1.807) is 0 Å². The number of sulfonamides is 1. The summed E-state index contributed by atoms with van der Waals surface area (Å²) in [7, 11) is 0.870. The van der Waals surface area contributed by atoms with Gasteiger partial charge in [0.05, 0.1) is 10.0 Å². The fourth-order valence-electron chi connectivity index (χ4n) is 4.21. The fraction of sp³-hybridized carbons (Fsp3) is 0.500. The first-order valence-electron chi connectivity index (χ1n) is 11.3. The molecule has 0 heterocycles. The van der Waals surface area contributed by atoms with Crippen molar-refractivity contribution in [3.63, 3.8) is 0 Å². The van der Waals surface area contributed by atoms with Crippen LogP contribution >= 0.6 is 9.69 Å². The zero-order chi connectivity index (χ0) is 24.0. The summed E-state index contributed by atoms with van der Waals surface area (Å²) in [6.45, 7) is 6.34. The van der Waals surface area contributed by atoms with Crippen molar-refractivity contribution in [2.75, 3.05) is 5.75 Å². The van der Waals surface area contributed by atoms with E-state index in [0.717, 1.165) is 49.7 Å². The SMILES string of the molecule is CCCCC(CC)(CCC)CS(=O)(=O)[N-]C(c1ccccc1)C([NH-])c1ccccc1.[CH3-].[Cl][Ru+3]. The molecule has 3 unspecified atom stereocenters. The molecule has 0 amide bonds. The number of benzene rings is 2. The summed E-state index contributed by atoms with van der Waals surface area (Å²) >= 11 is 1.82. The summed E-state index contributed by atoms with van der Waals surface area (Å²) in [5, 5.41) is 0. The molecule has 0 saturated heterocycles. The molecular formula is C26H39ClN2O2RuS. The first kappa shape index (κ1) is 32.2. The van der Waals surface area contributed by atoms with E-state index >= 15 is 0 Å². The van der Waals surface area contributed by atoms with Gasteiger partial charge in [-0.25, -0.2) is 8.42 Å². The average Bonchev–Trinajstić information content (AvgIpc) is 2.83. The molecule has 0 saturated carbocycles. The van der Waals surface area contributed by atoms with E-state index in [1.807, 2.05) is 78.0 Å². The molecular weight excluding hydrogens is 541 g/mol. The Bertz CT molecular complexity index is 853. The number of rotatable bonds is 13. The van der Waals surface area contributed by atoms with Crippen molar-refractivity contribution in [1.29, 1.82) is 0 Å². The number of nitrogens with one attached hydrogen (secondary N) is 1. The fourth-order valence-corrected chi connectivity index (χ4v) is 6.14. The standard InChI is InChI=1S/C25H36N2O2S.CH3.ClH.Ru/c1-4-7-19-25(6-3,18-5-2)20-30(28,29)27-24(22-16-12-9-13-17-22)23(26)21-14-10-8-11-15-21;;;/h8-17,23-24,26H,4-7,18-20H2,1-3H3;1H3;1H;/q-2;-1;;+4/p-1. The zero-order valence-electron chi connectivity index (χ0n) is 20.3. The second-order valence-electron chi connectivity index (χ2n) is 8.28. The number of hydrogen-bond donors (Lipinski definition) is 0. The first-order chi connectivity index (χ1) is 15.4. The maximum absolute atomic E-state index is 13.3. The van der Waals surface area contributed by atoms with Crippen LogP contribution in [0.1, 0.15) is 82.5 Å². The van der Waals surface area contributed by atoms with Crippen LogP contribution in [0.2, 0.25) is 0 Å². The molecule has 0 spiro atoms. The van der Waals surface area contributed by atoms with E-state index < -0.39 is 22.1 Å². The van der Waals surface area contributed by atoms with Gasteiger partial charge in [-0.15, -0.1) is 12.1 Å². The van der Waals surface area contributed by atoms with Gasteiger partial charge in [0.25, 0.3) is 0 Å². The van der Waals surface area contributed by atoms with Gasteiger partial charge in [0.1, 0.15) is 0 Å². The third kappa shape index (κ3) is 10.6. The second kappa shape index (κ2) is 16.8. The maximum atomic E-state index is 13.3. The van der Waals surface area contributed by atoms with Crippen LogP contribution in [0, 0.1) is 12.8 Å². The summed E-state index contributed by atoms with van der Waals surface area (Å²) in [5.41, 5.74) is 10.1. The van der Waals surface area contributed by atoms with E-state index in [2.05, 4.69) is 35.2 Å². The van der Waals surface area contributed by atoms with Crippen LogP contribution in [-0.2, 0) is 27.3 Å². The molecule has 186 valence electrons. The van der Waals surface area contributed by atoms with Crippen molar-refractivity contribution in [2.45, 2.75) is 71.4 Å². The van der Waals surface area contributed by atoms with E-state index in [-0.39, 0.29) is 18.6 Å². The van der Waals surface area contributed by atoms with Gasteiger partial charge in [0, 0.05) is 5.75 Å². The van der Waals surface area contributed by atoms with Crippen molar-refractivity contribution in [3.8, 4) is 0 Å². The van der Waals surface area contributed by atoms with E-state index in [1.165, 1.54) is 0 Å². The Balaban J connectivity index is 0.00000332. The van der Waals surface area contributed by atoms with Crippen molar-refractivity contribution < 1.29 is 25.7 Å². The van der Waals surface area contributed by atoms with Crippen molar-refractivity contribution in [2.24, 2.45) is 5.41 Å². The van der Waals surface area contributed by atoms with Gasteiger partial charge in [-0.1, -0.05) is 112 Å². The average molecular weight is 580 g/mol. The quantitative estimate of drug-likeness (QED) is 0.176. The predicted molar refractivity (Wildman–Crippen MR) is 139 cm³/mol. The molecule has 4 nitrogen and oxygen atoms in total. The number of hydrogen-bond acceptors (Lipinski definition) is 2. The Labute approximate surface area is 216 Å². The van der Waals surface area contributed by atoms with Crippen molar-refractivity contribution in [3.05, 3.63) is 89.7 Å². The molecule has 0 aliphatic rings. The van der Waals surface area contributed by atoms with Gasteiger partial charge in [-0.05, 0) is 24.7 Å². The third-order valence-corrected chi connectivity index (χ3v) is 7.49. The third-order valence-electron chi connectivity index (χ3n) is 5.97. The van der Waals surface area contributed by atoms with Gasteiger partial charge in [0.2, 0.25) is 0 Å². The molecule has 0 fully saturated rings. The van der Waals surface area contributed by atoms with E-state index in [9.17, 15) is 8.42 Å². The number of unbranched alkanes of at least 4 members (excludes halogenated alkanes) is 1. The molecule has 7 heteroatoms. The minimum absolute atomic E-state index is 0. The molecule has 33 heavy (non-hydrogen) atoms. The Morgan fingerprint density at radius 2 is 1.42 bits per heavy atom. The predicted octanol–water partition coefficient (Wildman–Crippen LogP) is 8.75. The Morgan fingerprint density at radius 1 is 0.909 bits per heavy atom. The molecule has 0 aliphatic carbocycles. The van der Waals surface area contributed by atoms with E-state index in [4.69, 9.17) is 5.73 Å². The molecule has 1 N–H and O–H groups in total. The monoisotopic (exact) mass is 580 g/mol. The summed E-state index contributed by atoms with van der Waals surface area (Å²) in [6, 6.07) is 17.2. The van der Waals surface area contributed by atoms with E-state index in [0.29, 0.717) is 0 Å². The summed E-state index contributed by atoms with van der Waals surface area (Å²) in [4.78, 5) is 0. The molecule has 2 aromatic carbocycles. The summed E-state index contributed by atoms with van der Waals surface area (Å²) in [6.07, 6.45) is 5.66. The number of nitrogens with zero attached hydrogens (tertiary/aromatic N) is 1. The first-order valence-corrected chi connectivity index (χ1v) is 15.1. The van der Waals surface area contributed by atoms with Crippen LogP contribution in [0.15, 0.2) is 60.7 Å². The van der Waals surface area contributed by atoms with Gasteiger partial charge in [0.15, 0.2) is 0 Å². The van der Waals surface area contributed by atoms with Crippen LogP contribution < -0.4 is 0 Å². The van der Waals surface area contributed by atoms with Gasteiger partial charge in [-0.3, -0.25) is 0 Å². The van der Waals surface area contributed by atoms with Crippen molar-refractivity contribution in [1.82, 2.24) is 0 Å². The number of halogens is 1. The Morgan fingerprint density at radius 3 is 1.88 bits per heavy atom. The van der Waals surface area contributed by atoms with Crippen LogP contribution in [-0.4, -0.2) is 14.2 Å². The van der Waals surface area contributed by atoms with Crippen LogP contribution in [0.4, 0.5) is 0 Å². The van der Waals surface area contributed by atoms with Crippen LogP contribution in [0.3, 0.4) is 0 Å². The van der Waals surface area contributed by atoms with Crippen LogP contribution in [0.25, 0.3) is 10.5 Å².